The molecular formula is C12H18ClN. The van der Waals surface area contributed by atoms with Crippen molar-refractivity contribution in [1.82, 2.24) is 4.90 Å². The Hall–Kier alpha value is -0.530. The maximum atomic E-state index is 2.56. The Bertz CT molecular complexity index is 260. The molecule has 0 amide bonds. The van der Waals surface area contributed by atoms with Crippen molar-refractivity contribution in [2.75, 3.05) is 6.54 Å². The van der Waals surface area contributed by atoms with Gasteiger partial charge in [-0.25, -0.2) is 0 Å². The van der Waals surface area contributed by atoms with Crippen molar-refractivity contribution in [2.24, 2.45) is 0 Å². The first-order valence-corrected chi connectivity index (χ1v) is 5.14. The van der Waals surface area contributed by atoms with Gasteiger partial charge >= 0.3 is 0 Å². The Balaban J connectivity index is 0.000000980. The topological polar surface area (TPSA) is 3.24 Å². The van der Waals surface area contributed by atoms with E-state index >= 15 is 0 Å². The van der Waals surface area contributed by atoms with Crippen molar-refractivity contribution in [3.8, 4) is 0 Å². The molecule has 2 heteroatoms. The van der Waals surface area contributed by atoms with Crippen LogP contribution in [-0.2, 0) is 6.54 Å². The second-order valence-corrected chi connectivity index (χ2v) is 3.95. The number of hydrogen-bond donors (Lipinski definition) is 0. The van der Waals surface area contributed by atoms with Crippen LogP contribution in [0, 0.1) is 0 Å². The van der Waals surface area contributed by atoms with Crippen LogP contribution in [0.15, 0.2) is 30.3 Å². The molecule has 2 rings (SSSR count). The Morgan fingerprint density at radius 3 is 2.57 bits per heavy atom. The molecule has 0 bridgehead atoms. The highest BCUT2D eigenvalue weighted by Gasteiger charge is 2.19. The minimum Gasteiger partial charge on any atom is -0.296 e. The van der Waals surface area contributed by atoms with Crippen molar-refractivity contribution in [3.63, 3.8) is 0 Å². The van der Waals surface area contributed by atoms with Crippen LogP contribution in [-0.4, -0.2) is 17.5 Å². The summed E-state index contributed by atoms with van der Waals surface area (Å²) in [6.07, 6.45) is 2.74. The minimum atomic E-state index is 0. The molecule has 0 radical (unpaired) electrons. The van der Waals surface area contributed by atoms with Crippen LogP contribution in [0.1, 0.15) is 25.3 Å². The monoisotopic (exact) mass is 211 g/mol. The molecule has 1 aliphatic heterocycles. The normalized spacial score (nSPS) is 21.9. The van der Waals surface area contributed by atoms with Gasteiger partial charge in [-0.05, 0) is 31.9 Å². The van der Waals surface area contributed by atoms with Crippen LogP contribution in [0.3, 0.4) is 0 Å². The third-order valence-corrected chi connectivity index (χ3v) is 2.92. The molecular weight excluding hydrogens is 194 g/mol. The van der Waals surface area contributed by atoms with Gasteiger partial charge in [-0.1, -0.05) is 30.3 Å². The van der Waals surface area contributed by atoms with Crippen molar-refractivity contribution < 1.29 is 0 Å². The lowest BCUT2D eigenvalue weighted by Gasteiger charge is -2.20. The number of rotatable bonds is 2. The summed E-state index contributed by atoms with van der Waals surface area (Å²) in [6.45, 7) is 4.73. The van der Waals surface area contributed by atoms with E-state index in [1.165, 1.54) is 24.9 Å². The van der Waals surface area contributed by atoms with E-state index in [0.717, 1.165) is 12.6 Å². The molecule has 0 spiro atoms. The number of nitrogens with zero attached hydrogens (tertiary/aromatic N) is 1. The van der Waals surface area contributed by atoms with E-state index in [1.807, 2.05) is 0 Å². The summed E-state index contributed by atoms with van der Waals surface area (Å²) in [7, 11) is 0. The summed E-state index contributed by atoms with van der Waals surface area (Å²) < 4.78 is 0. The van der Waals surface area contributed by atoms with E-state index in [9.17, 15) is 0 Å². The molecule has 1 unspecified atom stereocenters. The second-order valence-electron chi connectivity index (χ2n) is 3.95. The van der Waals surface area contributed by atoms with Crippen LogP contribution in [0.4, 0.5) is 0 Å². The van der Waals surface area contributed by atoms with E-state index in [4.69, 9.17) is 0 Å². The number of halogens is 1. The first kappa shape index (κ1) is 11.5. The summed E-state index contributed by atoms with van der Waals surface area (Å²) >= 11 is 0. The summed E-state index contributed by atoms with van der Waals surface area (Å²) in [5, 5.41) is 0. The number of hydrogen-bond acceptors (Lipinski definition) is 1. The summed E-state index contributed by atoms with van der Waals surface area (Å²) in [5.74, 6) is 0. The lowest BCUT2D eigenvalue weighted by atomic mass is 10.2. The zero-order valence-electron chi connectivity index (χ0n) is 8.65. The van der Waals surface area contributed by atoms with Gasteiger partial charge in [-0.3, -0.25) is 4.90 Å². The molecule has 1 atom stereocenters. The Morgan fingerprint density at radius 2 is 2.00 bits per heavy atom. The molecule has 14 heavy (non-hydrogen) atoms. The van der Waals surface area contributed by atoms with Crippen molar-refractivity contribution in [3.05, 3.63) is 35.9 Å². The molecule has 1 aliphatic rings. The summed E-state index contributed by atoms with van der Waals surface area (Å²) in [6, 6.07) is 11.5. The zero-order valence-corrected chi connectivity index (χ0v) is 9.46. The average molecular weight is 212 g/mol. The molecule has 1 saturated heterocycles. The molecule has 1 fully saturated rings. The van der Waals surface area contributed by atoms with Crippen molar-refractivity contribution in [1.29, 1.82) is 0 Å². The third kappa shape index (κ3) is 2.73. The largest absolute Gasteiger partial charge is 0.296 e. The van der Waals surface area contributed by atoms with Crippen LogP contribution in [0.5, 0.6) is 0 Å². The van der Waals surface area contributed by atoms with Gasteiger partial charge in [0.1, 0.15) is 0 Å². The highest BCUT2D eigenvalue weighted by atomic mass is 35.5. The lowest BCUT2D eigenvalue weighted by molar-refractivity contribution is 0.260. The first-order chi connectivity index (χ1) is 6.36. The molecule has 0 saturated carbocycles. The van der Waals surface area contributed by atoms with Crippen molar-refractivity contribution >= 4 is 12.4 Å². The SMILES string of the molecule is CC1CCCN1Cc1ccccc1.Cl. The quantitative estimate of drug-likeness (QED) is 0.727. The molecule has 1 aromatic carbocycles. The maximum absolute atomic E-state index is 2.56. The number of benzene rings is 1. The van der Waals surface area contributed by atoms with Crippen LogP contribution >= 0.6 is 12.4 Å². The highest BCUT2D eigenvalue weighted by Crippen LogP contribution is 2.18. The Morgan fingerprint density at radius 1 is 1.29 bits per heavy atom. The molecule has 1 heterocycles. The Labute approximate surface area is 92.5 Å². The van der Waals surface area contributed by atoms with E-state index in [-0.39, 0.29) is 12.4 Å². The van der Waals surface area contributed by atoms with Gasteiger partial charge in [-0.15, -0.1) is 12.4 Å². The van der Waals surface area contributed by atoms with Gasteiger partial charge in [0, 0.05) is 12.6 Å². The minimum absolute atomic E-state index is 0. The van der Waals surface area contributed by atoms with Crippen LogP contribution < -0.4 is 0 Å². The fourth-order valence-electron chi connectivity index (χ4n) is 2.05. The van der Waals surface area contributed by atoms with E-state index in [0.29, 0.717) is 0 Å². The summed E-state index contributed by atoms with van der Waals surface area (Å²) in [4.78, 5) is 2.56. The molecule has 78 valence electrons. The standard InChI is InChI=1S/C12H17N.ClH/c1-11-6-5-9-13(11)10-12-7-3-2-4-8-12;/h2-4,7-8,11H,5-6,9-10H2,1H3;1H. The molecule has 0 N–H and O–H groups in total. The maximum Gasteiger partial charge on any atom is 0.0236 e. The van der Waals surface area contributed by atoms with Crippen LogP contribution in [0.25, 0.3) is 0 Å². The second kappa shape index (κ2) is 5.38. The third-order valence-electron chi connectivity index (χ3n) is 2.92. The zero-order chi connectivity index (χ0) is 9.10. The van der Waals surface area contributed by atoms with Crippen molar-refractivity contribution in [2.45, 2.75) is 32.4 Å². The fraction of sp³-hybridized carbons (Fsp3) is 0.500. The first-order valence-electron chi connectivity index (χ1n) is 5.14. The van der Waals surface area contributed by atoms with Crippen LogP contribution in [0.2, 0.25) is 0 Å². The van der Waals surface area contributed by atoms with Gasteiger partial charge < -0.3 is 0 Å². The Kier molecular flexibility index (Phi) is 4.43. The smallest absolute Gasteiger partial charge is 0.0236 e. The van der Waals surface area contributed by atoms with Gasteiger partial charge in [0.25, 0.3) is 0 Å². The number of likely N-dealkylation sites (tertiary alicyclic amines) is 1. The predicted molar refractivity (Wildman–Crippen MR) is 62.8 cm³/mol. The van der Waals surface area contributed by atoms with Gasteiger partial charge in [0.05, 0.1) is 0 Å². The van der Waals surface area contributed by atoms with Gasteiger partial charge in [-0.2, -0.15) is 0 Å². The molecule has 0 aliphatic carbocycles. The van der Waals surface area contributed by atoms with E-state index in [1.54, 1.807) is 0 Å². The summed E-state index contributed by atoms with van der Waals surface area (Å²) in [5.41, 5.74) is 1.44. The highest BCUT2D eigenvalue weighted by molar-refractivity contribution is 5.85. The van der Waals surface area contributed by atoms with Gasteiger partial charge in [0.15, 0.2) is 0 Å². The molecule has 0 aromatic heterocycles. The molecule has 1 aromatic rings. The predicted octanol–water partition coefficient (Wildman–Crippen LogP) is 3.09. The van der Waals surface area contributed by atoms with E-state index < -0.39 is 0 Å². The fourth-order valence-corrected chi connectivity index (χ4v) is 2.05. The molecule has 1 nitrogen and oxygen atoms in total. The van der Waals surface area contributed by atoms with Gasteiger partial charge in [0.2, 0.25) is 0 Å². The lowest BCUT2D eigenvalue weighted by Crippen LogP contribution is -2.25. The average Bonchev–Trinajstić information content (AvgIpc) is 2.54. The van der Waals surface area contributed by atoms with E-state index in [2.05, 4.69) is 42.2 Å².